The van der Waals surface area contributed by atoms with Gasteiger partial charge in [-0.2, -0.15) is 11.8 Å². The van der Waals surface area contributed by atoms with Crippen molar-refractivity contribution in [1.29, 1.82) is 0 Å². The summed E-state index contributed by atoms with van der Waals surface area (Å²) in [5.74, 6) is 0. The highest BCUT2D eigenvalue weighted by atomic mass is 32.2. The van der Waals surface area contributed by atoms with E-state index in [1.54, 1.807) is 0 Å². The minimum absolute atomic E-state index is 0.535. The van der Waals surface area contributed by atoms with Crippen LogP contribution in [0, 0.1) is 0 Å². The van der Waals surface area contributed by atoms with Gasteiger partial charge in [-0.15, -0.1) is 0 Å². The molecule has 1 fully saturated rings. The van der Waals surface area contributed by atoms with Crippen molar-refractivity contribution in [3.05, 3.63) is 35.9 Å². The van der Waals surface area contributed by atoms with E-state index in [0.29, 0.717) is 12.1 Å². The smallest absolute Gasteiger partial charge is 0.0473 e. The highest BCUT2D eigenvalue weighted by molar-refractivity contribution is 7.99. The van der Waals surface area contributed by atoms with Gasteiger partial charge in [-0.3, -0.25) is 4.90 Å². The molecule has 1 aliphatic heterocycles. The standard InChI is InChI=1S/C17H28N2S/c1-4-16-13-19(11-10-14(2)20-3)17(12-18-16)15-8-6-5-7-9-15/h5-9,14,16-18H,4,10-13H2,1-3H3. The Morgan fingerprint density at radius 1 is 1.35 bits per heavy atom. The highest BCUT2D eigenvalue weighted by Crippen LogP contribution is 2.25. The summed E-state index contributed by atoms with van der Waals surface area (Å²) >= 11 is 1.97. The lowest BCUT2D eigenvalue weighted by Crippen LogP contribution is -2.52. The number of hydrogen-bond donors (Lipinski definition) is 1. The molecule has 0 aliphatic carbocycles. The van der Waals surface area contributed by atoms with E-state index in [1.807, 2.05) is 11.8 Å². The average molecular weight is 292 g/mol. The first-order valence-electron chi connectivity index (χ1n) is 7.79. The molecule has 0 bridgehead atoms. The molecular weight excluding hydrogens is 264 g/mol. The Morgan fingerprint density at radius 2 is 2.10 bits per heavy atom. The number of hydrogen-bond acceptors (Lipinski definition) is 3. The Kier molecular flexibility index (Phi) is 6.40. The van der Waals surface area contributed by atoms with Crippen LogP contribution in [0.15, 0.2) is 30.3 Å². The predicted molar refractivity (Wildman–Crippen MR) is 90.4 cm³/mol. The second-order valence-electron chi connectivity index (χ2n) is 5.77. The topological polar surface area (TPSA) is 15.3 Å². The van der Waals surface area contributed by atoms with Gasteiger partial charge in [0.25, 0.3) is 0 Å². The summed E-state index contributed by atoms with van der Waals surface area (Å²) in [7, 11) is 0. The van der Waals surface area contributed by atoms with Crippen LogP contribution in [-0.2, 0) is 0 Å². The van der Waals surface area contributed by atoms with Crippen LogP contribution >= 0.6 is 11.8 Å². The number of rotatable bonds is 6. The van der Waals surface area contributed by atoms with Gasteiger partial charge in [0.1, 0.15) is 0 Å². The third-order valence-corrected chi connectivity index (χ3v) is 5.44. The molecule has 2 rings (SSSR count). The van der Waals surface area contributed by atoms with E-state index in [-0.39, 0.29) is 0 Å². The van der Waals surface area contributed by atoms with E-state index < -0.39 is 0 Å². The zero-order valence-electron chi connectivity index (χ0n) is 13.0. The minimum Gasteiger partial charge on any atom is -0.311 e. The van der Waals surface area contributed by atoms with Crippen LogP contribution in [0.3, 0.4) is 0 Å². The van der Waals surface area contributed by atoms with E-state index in [1.165, 1.54) is 31.5 Å². The summed E-state index contributed by atoms with van der Waals surface area (Å²) in [6.07, 6.45) is 4.71. The highest BCUT2D eigenvalue weighted by Gasteiger charge is 2.27. The maximum Gasteiger partial charge on any atom is 0.0473 e. The Labute approximate surface area is 128 Å². The maximum atomic E-state index is 3.70. The molecule has 20 heavy (non-hydrogen) atoms. The van der Waals surface area contributed by atoms with Crippen molar-refractivity contribution in [3.63, 3.8) is 0 Å². The van der Waals surface area contributed by atoms with E-state index >= 15 is 0 Å². The Bertz CT molecular complexity index is 382. The van der Waals surface area contributed by atoms with Gasteiger partial charge < -0.3 is 5.32 Å². The van der Waals surface area contributed by atoms with Gasteiger partial charge in [0.2, 0.25) is 0 Å². The van der Waals surface area contributed by atoms with Crippen molar-refractivity contribution < 1.29 is 0 Å². The summed E-state index contributed by atoms with van der Waals surface area (Å²) in [6, 6.07) is 12.1. The van der Waals surface area contributed by atoms with Crippen LogP contribution < -0.4 is 5.32 Å². The summed E-state index contributed by atoms with van der Waals surface area (Å²) in [5, 5.41) is 4.45. The average Bonchev–Trinajstić information content (AvgIpc) is 2.53. The van der Waals surface area contributed by atoms with Gasteiger partial charge in [0, 0.05) is 30.4 Å². The predicted octanol–water partition coefficient (Wildman–Crippen LogP) is 3.55. The molecule has 112 valence electrons. The normalized spacial score (nSPS) is 25.6. The zero-order chi connectivity index (χ0) is 14.4. The van der Waals surface area contributed by atoms with Crippen molar-refractivity contribution >= 4 is 11.8 Å². The van der Waals surface area contributed by atoms with Gasteiger partial charge in [0.15, 0.2) is 0 Å². The molecule has 0 spiro atoms. The van der Waals surface area contributed by atoms with E-state index in [4.69, 9.17) is 0 Å². The molecule has 1 aromatic rings. The number of piperazine rings is 1. The molecule has 0 aromatic heterocycles. The quantitative estimate of drug-likeness (QED) is 0.863. The van der Waals surface area contributed by atoms with Crippen LogP contribution in [0.25, 0.3) is 0 Å². The first-order chi connectivity index (χ1) is 9.74. The lowest BCUT2D eigenvalue weighted by Gasteiger charge is -2.41. The Morgan fingerprint density at radius 3 is 2.75 bits per heavy atom. The molecule has 3 heteroatoms. The van der Waals surface area contributed by atoms with Crippen molar-refractivity contribution in [2.24, 2.45) is 0 Å². The first-order valence-corrected chi connectivity index (χ1v) is 9.08. The van der Waals surface area contributed by atoms with E-state index in [2.05, 4.69) is 60.7 Å². The maximum absolute atomic E-state index is 3.70. The van der Waals surface area contributed by atoms with Crippen molar-refractivity contribution in [1.82, 2.24) is 10.2 Å². The summed E-state index contributed by atoms with van der Waals surface area (Å²) in [5.41, 5.74) is 1.45. The largest absolute Gasteiger partial charge is 0.311 e. The van der Waals surface area contributed by atoms with Crippen molar-refractivity contribution in [2.75, 3.05) is 25.9 Å². The second-order valence-corrected chi connectivity index (χ2v) is 7.05. The summed E-state index contributed by atoms with van der Waals surface area (Å²) in [6.45, 7) is 8.08. The van der Waals surface area contributed by atoms with E-state index in [0.717, 1.165) is 11.8 Å². The van der Waals surface area contributed by atoms with Crippen LogP contribution in [0.1, 0.15) is 38.3 Å². The van der Waals surface area contributed by atoms with Crippen LogP contribution in [0.4, 0.5) is 0 Å². The third-order valence-electron chi connectivity index (χ3n) is 4.40. The molecule has 0 saturated carbocycles. The summed E-state index contributed by atoms with van der Waals surface area (Å²) < 4.78 is 0. The molecule has 0 amide bonds. The number of nitrogens with one attached hydrogen (secondary N) is 1. The van der Waals surface area contributed by atoms with Gasteiger partial charge in [-0.05, 0) is 31.2 Å². The second kappa shape index (κ2) is 8.06. The molecule has 3 atom stereocenters. The number of benzene rings is 1. The van der Waals surface area contributed by atoms with E-state index in [9.17, 15) is 0 Å². The molecule has 0 radical (unpaired) electrons. The first kappa shape index (κ1) is 15.9. The zero-order valence-corrected chi connectivity index (χ0v) is 13.8. The molecule has 1 N–H and O–H groups in total. The fourth-order valence-corrected chi connectivity index (χ4v) is 3.21. The molecule has 1 aromatic carbocycles. The number of thioether (sulfide) groups is 1. The van der Waals surface area contributed by atoms with Crippen LogP contribution in [0.5, 0.6) is 0 Å². The van der Waals surface area contributed by atoms with Crippen LogP contribution in [-0.4, -0.2) is 42.1 Å². The van der Waals surface area contributed by atoms with Gasteiger partial charge in [0.05, 0.1) is 0 Å². The van der Waals surface area contributed by atoms with Gasteiger partial charge in [-0.25, -0.2) is 0 Å². The fraction of sp³-hybridized carbons (Fsp3) is 0.647. The van der Waals surface area contributed by atoms with Crippen molar-refractivity contribution in [2.45, 2.75) is 44.0 Å². The van der Waals surface area contributed by atoms with Gasteiger partial charge >= 0.3 is 0 Å². The molecule has 1 heterocycles. The third kappa shape index (κ3) is 4.24. The van der Waals surface area contributed by atoms with Crippen LogP contribution in [0.2, 0.25) is 0 Å². The molecule has 3 unspecified atom stereocenters. The monoisotopic (exact) mass is 292 g/mol. The SMILES string of the molecule is CCC1CN(CCC(C)SC)C(c2ccccc2)CN1. The molecular formula is C17H28N2S. The lowest BCUT2D eigenvalue weighted by atomic mass is 9.99. The summed E-state index contributed by atoms with van der Waals surface area (Å²) in [4.78, 5) is 2.69. The number of nitrogens with zero attached hydrogens (tertiary/aromatic N) is 1. The minimum atomic E-state index is 0.535. The molecule has 2 nitrogen and oxygen atoms in total. The van der Waals surface area contributed by atoms with Crippen molar-refractivity contribution in [3.8, 4) is 0 Å². The fourth-order valence-electron chi connectivity index (χ4n) is 2.87. The van der Waals surface area contributed by atoms with Gasteiger partial charge in [-0.1, -0.05) is 44.2 Å². The Balaban J connectivity index is 2.03. The lowest BCUT2D eigenvalue weighted by molar-refractivity contribution is 0.127. The molecule has 1 saturated heterocycles. The Hall–Kier alpha value is -0.510. The molecule has 1 aliphatic rings.